The third kappa shape index (κ3) is 3.90. The SMILES string of the molecule is CCC(=O)OCCC1CCC(=O)CC1. The fraction of sp³-hybridized carbons (Fsp3) is 0.818. The molecule has 0 aromatic carbocycles. The molecule has 0 saturated heterocycles. The van der Waals surface area contributed by atoms with Crippen LogP contribution < -0.4 is 0 Å². The molecule has 0 aromatic rings. The minimum Gasteiger partial charge on any atom is -0.466 e. The lowest BCUT2D eigenvalue weighted by molar-refractivity contribution is -0.143. The lowest BCUT2D eigenvalue weighted by Gasteiger charge is -2.20. The molecular formula is C11H18O3. The average Bonchev–Trinajstić information content (AvgIpc) is 2.21. The Morgan fingerprint density at radius 2 is 2.07 bits per heavy atom. The van der Waals surface area contributed by atoms with Crippen molar-refractivity contribution in [3.05, 3.63) is 0 Å². The number of rotatable bonds is 4. The molecule has 1 rings (SSSR count). The monoisotopic (exact) mass is 198 g/mol. The zero-order valence-corrected chi connectivity index (χ0v) is 8.75. The van der Waals surface area contributed by atoms with E-state index in [0.717, 1.165) is 19.3 Å². The highest BCUT2D eigenvalue weighted by Gasteiger charge is 2.18. The van der Waals surface area contributed by atoms with Crippen molar-refractivity contribution in [3.8, 4) is 0 Å². The van der Waals surface area contributed by atoms with Crippen molar-refractivity contribution < 1.29 is 14.3 Å². The third-order valence-corrected chi connectivity index (χ3v) is 2.74. The van der Waals surface area contributed by atoms with Gasteiger partial charge in [-0.05, 0) is 25.2 Å². The van der Waals surface area contributed by atoms with Crippen molar-refractivity contribution >= 4 is 11.8 Å². The number of Topliss-reactive ketones (excluding diaryl/α,β-unsaturated/α-hetero) is 1. The van der Waals surface area contributed by atoms with Gasteiger partial charge in [-0.2, -0.15) is 0 Å². The van der Waals surface area contributed by atoms with Gasteiger partial charge in [-0.15, -0.1) is 0 Å². The van der Waals surface area contributed by atoms with E-state index in [0.29, 0.717) is 37.6 Å². The van der Waals surface area contributed by atoms with E-state index >= 15 is 0 Å². The van der Waals surface area contributed by atoms with E-state index in [-0.39, 0.29) is 5.97 Å². The predicted molar refractivity (Wildman–Crippen MR) is 52.8 cm³/mol. The number of hydrogen-bond acceptors (Lipinski definition) is 3. The van der Waals surface area contributed by atoms with Crippen molar-refractivity contribution in [3.63, 3.8) is 0 Å². The van der Waals surface area contributed by atoms with Crippen LogP contribution in [0.2, 0.25) is 0 Å². The van der Waals surface area contributed by atoms with Crippen LogP contribution in [0.1, 0.15) is 45.4 Å². The fourth-order valence-electron chi connectivity index (χ4n) is 1.73. The molecule has 1 aliphatic carbocycles. The van der Waals surface area contributed by atoms with Gasteiger partial charge in [0.1, 0.15) is 5.78 Å². The smallest absolute Gasteiger partial charge is 0.305 e. The topological polar surface area (TPSA) is 43.4 Å². The second kappa shape index (κ2) is 5.78. The van der Waals surface area contributed by atoms with Crippen molar-refractivity contribution in [1.82, 2.24) is 0 Å². The summed E-state index contributed by atoms with van der Waals surface area (Å²) in [7, 11) is 0. The van der Waals surface area contributed by atoms with Crippen LogP contribution in [0, 0.1) is 5.92 Å². The maximum absolute atomic E-state index is 11.0. The summed E-state index contributed by atoms with van der Waals surface area (Å²) in [5, 5.41) is 0. The molecule has 0 N–H and O–H groups in total. The number of ketones is 1. The molecule has 1 aliphatic rings. The van der Waals surface area contributed by atoms with Gasteiger partial charge in [0.15, 0.2) is 0 Å². The molecule has 14 heavy (non-hydrogen) atoms. The Hall–Kier alpha value is -0.860. The lowest BCUT2D eigenvalue weighted by atomic mass is 9.86. The standard InChI is InChI=1S/C11H18O3/c1-2-11(13)14-8-7-9-3-5-10(12)6-4-9/h9H,2-8H2,1H3. The largest absolute Gasteiger partial charge is 0.466 e. The molecule has 0 spiro atoms. The molecule has 0 atom stereocenters. The highest BCUT2D eigenvalue weighted by Crippen LogP contribution is 2.24. The van der Waals surface area contributed by atoms with Gasteiger partial charge < -0.3 is 4.74 Å². The van der Waals surface area contributed by atoms with E-state index in [2.05, 4.69) is 0 Å². The molecule has 3 heteroatoms. The number of esters is 1. The van der Waals surface area contributed by atoms with E-state index in [4.69, 9.17) is 4.74 Å². The van der Waals surface area contributed by atoms with Gasteiger partial charge in [-0.25, -0.2) is 0 Å². The third-order valence-electron chi connectivity index (χ3n) is 2.74. The van der Waals surface area contributed by atoms with E-state index in [1.54, 1.807) is 6.92 Å². The highest BCUT2D eigenvalue weighted by atomic mass is 16.5. The van der Waals surface area contributed by atoms with E-state index in [9.17, 15) is 9.59 Å². The average molecular weight is 198 g/mol. The van der Waals surface area contributed by atoms with Gasteiger partial charge in [-0.1, -0.05) is 6.92 Å². The molecule has 80 valence electrons. The first kappa shape index (κ1) is 11.2. The second-order valence-electron chi connectivity index (χ2n) is 3.84. The van der Waals surface area contributed by atoms with Gasteiger partial charge in [0.25, 0.3) is 0 Å². The highest BCUT2D eigenvalue weighted by molar-refractivity contribution is 5.79. The lowest BCUT2D eigenvalue weighted by Crippen LogP contribution is -2.16. The van der Waals surface area contributed by atoms with Crippen LogP contribution in [0.15, 0.2) is 0 Å². The van der Waals surface area contributed by atoms with Crippen molar-refractivity contribution in [2.24, 2.45) is 5.92 Å². The molecule has 0 unspecified atom stereocenters. The molecule has 0 bridgehead atoms. The van der Waals surface area contributed by atoms with Crippen molar-refractivity contribution in [2.75, 3.05) is 6.61 Å². The zero-order chi connectivity index (χ0) is 10.4. The van der Waals surface area contributed by atoms with Crippen LogP contribution in [0.25, 0.3) is 0 Å². The zero-order valence-electron chi connectivity index (χ0n) is 8.75. The van der Waals surface area contributed by atoms with Gasteiger partial charge in [-0.3, -0.25) is 9.59 Å². The van der Waals surface area contributed by atoms with Crippen LogP contribution in [0.4, 0.5) is 0 Å². The number of ether oxygens (including phenoxy) is 1. The van der Waals surface area contributed by atoms with E-state index in [1.165, 1.54) is 0 Å². The van der Waals surface area contributed by atoms with Gasteiger partial charge in [0.05, 0.1) is 6.61 Å². The van der Waals surface area contributed by atoms with E-state index in [1.807, 2.05) is 0 Å². The summed E-state index contributed by atoms with van der Waals surface area (Å²) in [5.41, 5.74) is 0. The van der Waals surface area contributed by atoms with Crippen molar-refractivity contribution in [1.29, 1.82) is 0 Å². The van der Waals surface area contributed by atoms with Gasteiger partial charge >= 0.3 is 5.97 Å². The van der Waals surface area contributed by atoms with Gasteiger partial charge in [0.2, 0.25) is 0 Å². The molecule has 1 saturated carbocycles. The first-order valence-electron chi connectivity index (χ1n) is 5.39. The molecule has 0 aliphatic heterocycles. The maximum atomic E-state index is 11.0. The van der Waals surface area contributed by atoms with Crippen molar-refractivity contribution in [2.45, 2.75) is 45.4 Å². The minimum absolute atomic E-state index is 0.128. The molecule has 0 heterocycles. The first-order valence-corrected chi connectivity index (χ1v) is 5.39. The molecular weight excluding hydrogens is 180 g/mol. The molecule has 0 aromatic heterocycles. The van der Waals surface area contributed by atoms with Crippen LogP contribution >= 0.6 is 0 Å². The van der Waals surface area contributed by atoms with Crippen LogP contribution in [-0.4, -0.2) is 18.4 Å². The Kier molecular flexibility index (Phi) is 4.63. The first-order chi connectivity index (χ1) is 6.72. The molecule has 0 amide bonds. The summed E-state index contributed by atoms with van der Waals surface area (Å²) in [5.74, 6) is 0.834. The molecule has 3 nitrogen and oxygen atoms in total. The summed E-state index contributed by atoms with van der Waals surface area (Å²) < 4.78 is 5.00. The Morgan fingerprint density at radius 3 is 2.64 bits per heavy atom. The summed E-state index contributed by atoms with van der Waals surface area (Å²) in [6, 6.07) is 0. The predicted octanol–water partition coefficient (Wildman–Crippen LogP) is 2.09. The second-order valence-corrected chi connectivity index (χ2v) is 3.84. The number of carbonyl (C=O) groups is 2. The van der Waals surface area contributed by atoms with Gasteiger partial charge in [0, 0.05) is 19.3 Å². The van der Waals surface area contributed by atoms with E-state index < -0.39 is 0 Å². The van der Waals surface area contributed by atoms with Crippen LogP contribution in [-0.2, 0) is 14.3 Å². The number of carbonyl (C=O) groups excluding carboxylic acids is 2. The fourth-order valence-corrected chi connectivity index (χ4v) is 1.73. The normalized spacial score (nSPS) is 18.2. The molecule has 1 fully saturated rings. The Balaban J connectivity index is 2.07. The quantitative estimate of drug-likeness (QED) is 0.650. The van der Waals surface area contributed by atoms with Crippen LogP contribution in [0.3, 0.4) is 0 Å². The Morgan fingerprint density at radius 1 is 1.43 bits per heavy atom. The maximum Gasteiger partial charge on any atom is 0.305 e. The summed E-state index contributed by atoms with van der Waals surface area (Å²) >= 11 is 0. The number of hydrogen-bond donors (Lipinski definition) is 0. The summed E-state index contributed by atoms with van der Waals surface area (Å²) in [4.78, 5) is 21.8. The summed E-state index contributed by atoms with van der Waals surface area (Å²) in [6.07, 6.45) is 4.74. The minimum atomic E-state index is -0.128. The Bertz CT molecular complexity index is 201. The molecule has 0 radical (unpaired) electrons. The Labute approximate surface area is 84.8 Å². The van der Waals surface area contributed by atoms with Crippen LogP contribution in [0.5, 0.6) is 0 Å². The summed E-state index contributed by atoms with van der Waals surface area (Å²) in [6.45, 7) is 2.31.